The van der Waals surface area contributed by atoms with E-state index >= 15 is 0 Å². The fourth-order valence-electron chi connectivity index (χ4n) is 1.37. The molecule has 0 saturated carbocycles. The molecular formula is C13H17NO. The van der Waals surface area contributed by atoms with Crippen LogP contribution in [0.15, 0.2) is 24.3 Å². The molecule has 0 unspecified atom stereocenters. The van der Waals surface area contributed by atoms with Gasteiger partial charge in [-0.1, -0.05) is 32.0 Å². The quantitative estimate of drug-likeness (QED) is 0.709. The Morgan fingerprint density at radius 2 is 1.60 bits per heavy atom. The van der Waals surface area contributed by atoms with Gasteiger partial charge in [0.05, 0.1) is 0 Å². The number of aryl methyl sites for hydroxylation is 2. The van der Waals surface area contributed by atoms with E-state index in [-0.39, 0.29) is 0 Å². The van der Waals surface area contributed by atoms with Crippen molar-refractivity contribution < 1.29 is 5.11 Å². The number of rotatable bonds is 0. The van der Waals surface area contributed by atoms with E-state index in [2.05, 4.69) is 4.98 Å². The molecular weight excluding hydrogens is 186 g/mol. The highest BCUT2D eigenvalue weighted by Gasteiger charge is 2.03. The Bertz CT molecular complexity index is 458. The van der Waals surface area contributed by atoms with Crippen LogP contribution in [-0.4, -0.2) is 10.1 Å². The van der Waals surface area contributed by atoms with Crippen LogP contribution in [0, 0.1) is 13.8 Å². The third-order valence-corrected chi connectivity index (χ3v) is 2.18. The molecule has 0 aliphatic carbocycles. The van der Waals surface area contributed by atoms with Crippen LogP contribution in [0.4, 0.5) is 0 Å². The summed E-state index contributed by atoms with van der Waals surface area (Å²) in [5, 5.41) is 10.7. The van der Waals surface area contributed by atoms with E-state index in [1.54, 1.807) is 0 Å². The molecule has 2 heteroatoms. The summed E-state index contributed by atoms with van der Waals surface area (Å²) in [5.74, 6) is 0.293. The molecule has 2 aromatic rings. The van der Waals surface area contributed by atoms with Crippen LogP contribution in [0.5, 0.6) is 5.75 Å². The van der Waals surface area contributed by atoms with Crippen molar-refractivity contribution in [3.8, 4) is 5.75 Å². The Hall–Kier alpha value is -1.57. The topological polar surface area (TPSA) is 33.1 Å². The van der Waals surface area contributed by atoms with Crippen LogP contribution < -0.4 is 0 Å². The lowest BCUT2D eigenvalue weighted by Gasteiger charge is -2.03. The Kier molecular flexibility index (Phi) is 3.67. The predicted molar refractivity (Wildman–Crippen MR) is 64.2 cm³/mol. The second-order valence-corrected chi connectivity index (χ2v) is 3.26. The number of benzene rings is 1. The Balaban J connectivity index is 0.000000531. The zero-order chi connectivity index (χ0) is 11.4. The fourth-order valence-corrected chi connectivity index (χ4v) is 1.37. The van der Waals surface area contributed by atoms with E-state index < -0.39 is 0 Å². The van der Waals surface area contributed by atoms with Gasteiger partial charge in [-0.15, -0.1) is 0 Å². The number of nitrogens with zero attached hydrogens (tertiary/aromatic N) is 1. The number of aromatic nitrogens is 1. The van der Waals surface area contributed by atoms with Crippen molar-refractivity contribution in [2.45, 2.75) is 27.7 Å². The Morgan fingerprint density at radius 3 is 2.27 bits per heavy atom. The molecule has 80 valence electrons. The highest BCUT2D eigenvalue weighted by Crippen LogP contribution is 2.26. The number of pyridine rings is 1. The number of fused-ring (bicyclic) bond motifs is 1. The van der Waals surface area contributed by atoms with Crippen molar-refractivity contribution in [1.82, 2.24) is 4.98 Å². The zero-order valence-corrected chi connectivity index (χ0v) is 9.70. The first-order valence-electron chi connectivity index (χ1n) is 5.24. The van der Waals surface area contributed by atoms with Gasteiger partial charge in [-0.2, -0.15) is 0 Å². The molecule has 0 aliphatic rings. The van der Waals surface area contributed by atoms with Gasteiger partial charge in [-0.25, -0.2) is 4.98 Å². The summed E-state index contributed by atoms with van der Waals surface area (Å²) in [6, 6.07) is 7.78. The van der Waals surface area contributed by atoms with E-state index in [1.807, 2.05) is 52.0 Å². The Morgan fingerprint density at radius 1 is 1.00 bits per heavy atom. The third-order valence-electron chi connectivity index (χ3n) is 2.18. The van der Waals surface area contributed by atoms with Crippen LogP contribution in [-0.2, 0) is 0 Å². The molecule has 1 heterocycles. The van der Waals surface area contributed by atoms with E-state index in [0.717, 1.165) is 16.6 Å². The highest BCUT2D eigenvalue weighted by atomic mass is 16.3. The summed E-state index contributed by atoms with van der Waals surface area (Å²) >= 11 is 0. The minimum absolute atomic E-state index is 0.293. The number of aromatic hydroxyl groups is 1. The van der Waals surface area contributed by atoms with Crippen molar-refractivity contribution in [1.29, 1.82) is 0 Å². The summed E-state index contributed by atoms with van der Waals surface area (Å²) in [5.41, 5.74) is 2.49. The smallest absolute Gasteiger partial charge is 0.144 e. The van der Waals surface area contributed by atoms with Gasteiger partial charge in [0.2, 0.25) is 0 Å². The first kappa shape index (κ1) is 11.5. The van der Waals surface area contributed by atoms with Gasteiger partial charge in [-0.3, -0.25) is 0 Å². The van der Waals surface area contributed by atoms with Crippen molar-refractivity contribution in [2.75, 3.05) is 0 Å². The van der Waals surface area contributed by atoms with Crippen molar-refractivity contribution in [2.24, 2.45) is 0 Å². The van der Waals surface area contributed by atoms with E-state index in [1.165, 1.54) is 0 Å². The summed E-state index contributed by atoms with van der Waals surface area (Å²) in [7, 11) is 0. The molecule has 0 radical (unpaired) electrons. The first-order chi connectivity index (χ1) is 7.18. The maximum absolute atomic E-state index is 9.72. The van der Waals surface area contributed by atoms with Gasteiger partial charge in [0.15, 0.2) is 0 Å². The maximum Gasteiger partial charge on any atom is 0.144 e. The number of hydrogen-bond acceptors (Lipinski definition) is 2. The largest absolute Gasteiger partial charge is 0.505 e. The van der Waals surface area contributed by atoms with Crippen LogP contribution in [0.25, 0.3) is 10.9 Å². The van der Waals surface area contributed by atoms with Gasteiger partial charge in [0.1, 0.15) is 11.3 Å². The van der Waals surface area contributed by atoms with Gasteiger partial charge in [0, 0.05) is 11.1 Å². The molecule has 0 saturated heterocycles. The van der Waals surface area contributed by atoms with E-state index in [4.69, 9.17) is 0 Å². The fraction of sp³-hybridized carbons (Fsp3) is 0.308. The summed E-state index contributed by atoms with van der Waals surface area (Å²) < 4.78 is 0. The van der Waals surface area contributed by atoms with Crippen LogP contribution >= 0.6 is 0 Å². The van der Waals surface area contributed by atoms with E-state index in [9.17, 15) is 5.11 Å². The molecule has 15 heavy (non-hydrogen) atoms. The lowest BCUT2D eigenvalue weighted by Crippen LogP contribution is -1.85. The van der Waals surface area contributed by atoms with Gasteiger partial charge >= 0.3 is 0 Å². The van der Waals surface area contributed by atoms with Crippen LogP contribution in [0.3, 0.4) is 0 Å². The molecule has 1 N–H and O–H groups in total. The summed E-state index contributed by atoms with van der Waals surface area (Å²) in [6.07, 6.45) is 0. The monoisotopic (exact) mass is 203 g/mol. The third kappa shape index (κ3) is 2.27. The zero-order valence-electron chi connectivity index (χ0n) is 9.70. The first-order valence-corrected chi connectivity index (χ1v) is 5.24. The van der Waals surface area contributed by atoms with Gasteiger partial charge in [0.25, 0.3) is 0 Å². The maximum atomic E-state index is 9.72. The van der Waals surface area contributed by atoms with Crippen LogP contribution in [0.2, 0.25) is 0 Å². The molecule has 0 aliphatic heterocycles. The average Bonchev–Trinajstić information content (AvgIpc) is 2.27. The predicted octanol–water partition coefficient (Wildman–Crippen LogP) is 3.58. The lowest BCUT2D eigenvalue weighted by molar-refractivity contribution is 0.476. The molecule has 0 atom stereocenters. The molecule has 0 spiro atoms. The molecule has 2 rings (SSSR count). The minimum atomic E-state index is 0.293. The summed E-state index contributed by atoms with van der Waals surface area (Å²) in [6.45, 7) is 7.79. The highest BCUT2D eigenvalue weighted by molar-refractivity contribution is 5.85. The molecule has 1 aromatic heterocycles. The SMILES string of the molecule is CC.Cc1ccc2ccc(C)c(O)c2n1. The van der Waals surface area contributed by atoms with Crippen molar-refractivity contribution in [3.63, 3.8) is 0 Å². The standard InChI is InChI=1S/C11H11NO.C2H6/c1-7-3-5-9-6-4-8(2)12-10(9)11(7)13;1-2/h3-6,13H,1-2H3;1-2H3. The van der Waals surface area contributed by atoms with Crippen LogP contribution in [0.1, 0.15) is 25.1 Å². The minimum Gasteiger partial charge on any atom is -0.505 e. The number of phenols is 1. The van der Waals surface area contributed by atoms with Gasteiger partial charge in [-0.05, 0) is 25.5 Å². The average molecular weight is 203 g/mol. The van der Waals surface area contributed by atoms with Crippen molar-refractivity contribution >= 4 is 10.9 Å². The summed E-state index contributed by atoms with van der Waals surface area (Å²) in [4.78, 5) is 4.29. The number of phenolic OH excluding ortho intramolecular Hbond substituents is 1. The molecule has 0 amide bonds. The molecule has 0 bridgehead atoms. The molecule has 2 nitrogen and oxygen atoms in total. The number of hydrogen-bond donors (Lipinski definition) is 1. The second kappa shape index (κ2) is 4.78. The molecule has 0 fully saturated rings. The van der Waals surface area contributed by atoms with Crippen molar-refractivity contribution in [3.05, 3.63) is 35.5 Å². The second-order valence-electron chi connectivity index (χ2n) is 3.26. The molecule has 1 aromatic carbocycles. The van der Waals surface area contributed by atoms with Gasteiger partial charge < -0.3 is 5.11 Å². The Labute approximate surface area is 90.6 Å². The normalized spacial score (nSPS) is 9.60. The van der Waals surface area contributed by atoms with E-state index in [0.29, 0.717) is 11.3 Å². The lowest BCUT2D eigenvalue weighted by atomic mass is 10.1.